The normalized spacial score (nSPS) is 23.8. The number of ketones is 2. The lowest BCUT2D eigenvalue weighted by Crippen LogP contribution is -2.60. The molecule has 4 rings (SSSR count). The monoisotopic (exact) mass is 583 g/mol. The maximum atomic E-state index is 14.0. The molecule has 3 aliphatic rings. The quantitative estimate of drug-likeness (QED) is 0.138. The molecule has 0 aliphatic heterocycles. The lowest BCUT2D eigenvalue weighted by Gasteiger charge is -2.45. The molecule has 3 atom stereocenters. The van der Waals surface area contributed by atoms with Crippen LogP contribution in [-0.4, -0.2) is 101 Å². The van der Waals surface area contributed by atoms with Crippen LogP contribution < -0.4 is 21.3 Å². The van der Waals surface area contributed by atoms with E-state index in [-0.39, 0.29) is 40.9 Å². The van der Waals surface area contributed by atoms with Gasteiger partial charge in [0.1, 0.15) is 17.1 Å². The number of Topliss-reactive ketones (excluding diaryl/α,β-unsaturated/α-hetero) is 2. The fourth-order valence-electron chi connectivity index (χ4n) is 5.77. The first-order chi connectivity index (χ1) is 19.3. The zero-order valence-corrected chi connectivity index (χ0v) is 24.6. The fourth-order valence-corrected chi connectivity index (χ4v) is 5.77. The Labute approximate surface area is 243 Å². The summed E-state index contributed by atoms with van der Waals surface area (Å²) in [6.07, 6.45) is 1.49. The molecule has 2 amide bonds. The number of benzene rings is 1. The third-order valence-electron chi connectivity index (χ3n) is 7.71. The minimum atomic E-state index is -2.87. The summed E-state index contributed by atoms with van der Waals surface area (Å²) in [7, 11) is 6.47. The molecule has 13 nitrogen and oxygen atoms in total. The van der Waals surface area contributed by atoms with Crippen molar-refractivity contribution < 1.29 is 39.6 Å². The Balaban J connectivity index is 1.93. The average Bonchev–Trinajstić information content (AvgIpc) is 2.85. The number of phenols is 1. The highest BCUT2D eigenvalue weighted by molar-refractivity contribution is 6.26. The number of aliphatic hydroxyl groups excluding tert-OH is 2. The number of allylic oxidation sites excluding steroid dienone is 1. The van der Waals surface area contributed by atoms with Gasteiger partial charge in [-0.15, -0.1) is 0 Å². The van der Waals surface area contributed by atoms with Gasteiger partial charge in [0.15, 0.2) is 11.5 Å². The number of carbonyl (C=O) groups is 4. The SMILES string of the molecule is CN(C)c1cc(NC(=O)CNC(C)(C)C)c(O)c2c1C[C@H]1C=C3[C@H](N(C)C)C(=O)C(C(N)=O)=C(O)[C@@]3(O)C(=O)C1=C2O. The summed E-state index contributed by atoms with van der Waals surface area (Å²) in [5.41, 5.74) is 1.55. The summed E-state index contributed by atoms with van der Waals surface area (Å²) in [6.45, 7) is 5.60. The van der Waals surface area contributed by atoms with Gasteiger partial charge in [-0.05, 0) is 58.5 Å². The van der Waals surface area contributed by atoms with Crippen LogP contribution in [0, 0.1) is 5.92 Å². The second-order valence-electron chi connectivity index (χ2n) is 12.2. The maximum absolute atomic E-state index is 14.0. The molecule has 1 aromatic rings. The summed E-state index contributed by atoms with van der Waals surface area (Å²) in [4.78, 5) is 55.1. The van der Waals surface area contributed by atoms with Crippen molar-refractivity contribution in [1.29, 1.82) is 0 Å². The minimum absolute atomic E-state index is 0.0170. The van der Waals surface area contributed by atoms with Gasteiger partial charge in [0.2, 0.25) is 17.3 Å². The number of anilines is 2. The maximum Gasteiger partial charge on any atom is 0.255 e. The van der Waals surface area contributed by atoms with Crippen LogP contribution in [0.25, 0.3) is 5.76 Å². The second-order valence-corrected chi connectivity index (χ2v) is 12.2. The highest BCUT2D eigenvalue weighted by Crippen LogP contribution is 2.52. The summed E-state index contributed by atoms with van der Waals surface area (Å²) in [5.74, 6) is -7.09. The van der Waals surface area contributed by atoms with Crippen LogP contribution in [0.2, 0.25) is 0 Å². The van der Waals surface area contributed by atoms with E-state index in [4.69, 9.17) is 5.73 Å². The van der Waals surface area contributed by atoms with Gasteiger partial charge in [0.25, 0.3) is 5.91 Å². The van der Waals surface area contributed by atoms with E-state index in [1.54, 1.807) is 25.1 Å². The molecule has 0 saturated carbocycles. The summed E-state index contributed by atoms with van der Waals surface area (Å²) >= 11 is 0. The van der Waals surface area contributed by atoms with E-state index >= 15 is 0 Å². The smallest absolute Gasteiger partial charge is 0.255 e. The molecule has 0 fully saturated rings. The van der Waals surface area contributed by atoms with E-state index < -0.39 is 63.8 Å². The predicted molar refractivity (Wildman–Crippen MR) is 155 cm³/mol. The molecule has 13 heteroatoms. The Morgan fingerprint density at radius 3 is 2.26 bits per heavy atom. The van der Waals surface area contributed by atoms with Crippen molar-refractivity contribution in [2.75, 3.05) is 45.0 Å². The first kappa shape index (κ1) is 30.8. The van der Waals surface area contributed by atoms with Crippen LogP contribution in [0.3, 0.4) is 0 Å². The largest absolute Gasteiger partial charge is 0.507 e. The van der Waals surface area contributed by atoms with E-state index in [2.05, 4.69) is 10.6 Å². The van der Waals surface area contributed by atoms with Crippen LogP contribution in [0.1, 0.15) is 31.9 Å². The molecule has 0 unspecified atom stereocenters. The lowest BCUT2D eigenvalue weighted by atomic mass is 9.63. The van der Waals surface area contributed by atoms with Crippen molar-refractivity contribution in [3.8, 4) is 5.75 Å². The first-order valence-electron chi connectivity index (χ1n) is 13.3. The third-order valence-corrected chi connectivity index (χ3v) is 7.71. The van der Waals surface area contributed by atoms with E-state index in [1.165, 1.54) is 25.1 Å². The van der Waals surface area contributed by atoms with Crippen molar-refractivity contribution in [3.05, 3.63) is 45.7 Å². The van der Waals surface area contributed by atoms with Crippen molar-refractivity contribution in [3.63, 3.8) is 0 Å². The highest BCUT2D eigenvalue weighted by atomic mass is 16.3. The predicted octanol–water partition coefficient (Wildman–Crippen LogP) is 0.277. The average molecular weight is 584 g/mol. The van der Waals surface area contributed by atoms with Gasteiger partial charge in [-0.25, -0.2) is 0 Å². The van der Waals surface area contributed by atoms with Gasteiger partial charge in [0.05, 0.1) is 23.8 Å². The molecule has 226 valence electrons. The molecule has 0 spiro atoms. The number of primary amides is 1. The molecule has 0 aromatic heterocycles. The number of aromatic hydroxyl groups is 1. The minimum Gasteiger partial charge on any atom is -0.507 e. The van der Waals surface area contributed by atoms with Gasteiger partial charge in [0, 0.05) is 36.8 Å². The van der Waals surface area contributed by atoms with Crippen molar-refractivity contribution in [1.82, 2.24) is 10.2 Å². The van der Waals surface area contributed by atoms with Gasteiger partial charge < -0.3 is 41.7 Å². The molecule has 0 bridgehead atoms. The summed E-state index contributed by atoms with van der Waals surface area (Å²) < 4.78 is 0. The number of hydrogen-bond acceptors (Lipinski definition) is 11. The number of rotatable bonds is 6. The van der Waals surface area contributed by atoms with Gasteiger partial charge in [-0.1, -0.05) is 6.08 Å². The number of nitrogens with zero attached hydrogens (tertiary/aromatic N) is 2. The number of hydrogen-bond donors (Lipinski definition) is 7. The second kappa shape index (κ2) is 10.3. The lowest BCUT2D eigenvalue weighted by molar-refractivity contribution is -0.134. The van der Waals surface area contributed by atoms with Crippen LogP contribution in [0.4, 0.5) is 11.4 Å². The van der Waals surface area contributed by atoms with E-state index in [0.29, 0.717) is 11.3 Å². The van der Waals surface area contributed by atoms with E-state index in [9.17, 15) is 39.6 Å². The number of nitrogens with one attached hydrogen (secondary N) is 2. The molecular formula is C29H37N5O8. The van der Waals surface area contributed by atoms with Crippen molar-refractivity contribution in [2.24, 2.45) is 11.7 Å². The number of amides is 2. The number of phenolic OH excluding ortho intramolecular Hbond substituents is 1. The number of fused-ring (bicyclic) bond motifs is 3. The fraction of sp³-hybridized carbons (Fsp3) is 0.448. The highest BCUT2D eigenvalue weighted by Gasteiger charge is 2.60. The van der Waals surface area contributed by atoms with Gasteiger partial charge in [-0.3, -0.25) is 24.1 Å². The summed E-state index contributed by atoms with van der Waals surface area (Å²) in [5, 5.41) is 51.1. The topological polar surface area (TPSA) is 206 Å². The number of nitrogens with two attached hydrogens (primary N) is 1. The van der Waals surface area contributed by atoms with E-state index in [0.717, 1.165) is 0 Å². The molecule has 0 heterocycles. The zero-order chi connectivity index (χ0) is 31.6. The Hall–Kier alpha value is -4.20. The molecule has 3 aliphatic carbocycles. The van der Waals surface area contributed by atoms with Crippen LogP contribution in [-0.2, 0) is 25.6 Å². The van der Waals surface area contributed by atoms with Gasteiger partial charge >= 0.3 is 0 Å². The molecule has 8 N–H and O–H groups in total. The Morgan fingerprint density at radius 2 is 1.74 bits per heavy atom. The molecule has 0 radical (unpaired) electrons. The summed E-state index contributed by atoms with van der Waals surface area (Å²) in [6, 6.07) is 0.249. The van der Waals surface area contributed by atoms with Crippen LogP contribution in [0.5, 0.6) is 5.75 Å². The van der Waals surface area contributed by atoms with Gasteiger partial charge in [-0.2, -0.15) is 0 Å². The Kier molecular flexibility index (Phi) is 7.51. The standard InChI is InChI=1S/C29H37N5O8/c1-28(2,3)31-11-17(35)32-15-10-16(33(4)5)13-8-12-9-14-21(34(6)7)24(38)20(27(30)41)26(40)29(14,42)25(39)18(12)23(37)19(13)22(15)36/h9-10,12,21,31,36-37,40,42H,8,11H2,1-7H3,(H2,30,41)(H,32,35)/t12-,21-,29-/m0/s1. The molecule has 0 saturated heterocycles. The van der Waals surface area contributed by atoms with E-state index in [1.807, 2.05) is 20.8 Å². The number of likely N-dealkylation sites (N-methyl/N-ethyl adjacent to an activating group) is 1. The van der Waals surface area contributed by atoms with Crippen LogP contribution >= 0.6 is 0 Å². The first-order valence-corrected chi connectivity index (χ1v) is 13.3. The zero-order valence-electron chi connectivity index (χ0n) is 24.6. The third kappa shape index (κ3) is 4.72. The van der Waals surface area contributed by atoms with Crippen LogP contribution in [0.15, 0.2) is 34.6 Å². The number of aliphatic hydroxyl groups is 3. The Bertz CT molecular complexity index is 1510. The van der Waals surface area contributed by atoms with Crippen molar-refractivity contribution >= 4 is 40.5 Å². The van der Waals surface area contributed by atoms with Crippen molar-refractivity contribution in [2.45, 2.75) is 44.4 Å². The molecular weight excluding hydrogens is 546 g/mol. The molecule has 1 aromatic carbocycles. The molecule has 42 heavy (non-hydrogen) atoms. The number of carbonyl (C=O) groups excluding carboxylic acids is 4. The Morgan fingerprint density at radius 1 is 1.12 bits per heavy atom.